The molecule has 0 aromatic heterocycles. The summed E-state index contributed by atoms with van der Waals surface area (Å²) < 4.78 is 6.05. The van der Waals surface area contributed by atoms with Crippen LogP contribution < -0.4 is 4.74 Å². The highest BCUT2D eigenvalue weighted by molar-refractivity contribution is 7.99. The van der Waals surface area contributed by atoms with Gasteiger partial charge in [-0.05, 0) is 36.6 Å². The number of hydrogen-bond donors (Lipinski definition) is 1. The van der Waals surface area contributed by atoms with Crippen molar-refractivity contribution in [3.63, 3.8) is 0 Å². The van der Waals surface area contributed by atoms with Crippen molar-refractivity contribution in [3.8, 4) is 5.75 Å². The second-order valence-electron chi connectivity index (χ2n) is 5.01. The van der Waals surface area contributed by atoms with E-state index in [1.807, 2.05) is 36.0 Å². The van der Waals surface area contributed by atoms with Gasteiger partial charge in [-0.1, -0.05) is 25.1 Å². The molecule has 0 radical (unpaired) electrons. The third-order valence-electron chi connectivity index (χ3n) is 3.33. The molecule has 2 rings (SSSR count). The van der Waals surface area contributed by atoms with Crippen molar-refractivity contribution in [1.82, 2.24) is 0 Å². The topological polar surface area (TPSA) is 46.5 Å². The summed E-state index contributed by atoms with van der Waals surface area (Å²) in [6.45, 7) is 1.73. The summed E-state index contributed by atoms with van der Waals surface area (Å²) in [6, 6.07) is 7.79. The van der Waals surface area contributed by atoms with E-state index in [0.29, 0.717) is 6.42 Å². The second-order valence-corrected chi connectivity index (χ2v) is 6.16. The zero-order chi connectivity index (χ0) is 13.7. The molecule has 104 valence electrons. The minimum absolute atomic E-state index is 0.264. The van der Waals surface area contributed by atoms with Crippen LogP contribution in [0, 0.1) is 5.92 Å². The molecule has 1 aromatic rings. The van der Waals surface area contributed by atoms with E-state index in [9.17, 15) is 4.79 Å². The maximum atomic E-state index is 11.0. The van der Waals surface area contributed by atoms with Gasteiger partial charge in [0.2, 0.25) is 0 Å². The standard InChI is InChI=1S/C15H20O3S/c1-11(15(16)17)9-12-5-2-3-7-14(12)18-13-6-4-8-19-10-13/h2-3,5,7,11,13H,4,6,8-10H2,1H3,(H,16,17). The van der Waals surface area contributed by atoms with Crippen LogP contribution in [0.15, 0.2) is 24.3 Å². The first kappa shape index (κ1) is 14.3. The lowest BCUT2D eigenvalue weighted by molar-refractivity contribution is -0.141. The zero-order valence-electron chi connectivity index (χ0n) is 11.2. The third-order valence-corrected chi connectivity index (χ3v) is 4.52. The van der Waals surface area contributed by atoms with Gasteiger partial charge in [0.05, 0.1) is 5.92 Å². The average molecular weight is 280 g/mol. The molecule has 1 saturated heterocycles. The first-order valence-electron chi connectivity index (χ1n) is 6.72. The Balaban J connectivity index is 2.04. The van der Waals surface area contributed by atoms with Crippen LogP contribution in [0.5, 0.6) is 5.75 Å². The van der Waals surface area contributed by atoms with Crippen molar-refractivity contribution in [1.29, 1.82) is 0 Å². The van der Waals surface area contributed by atoms with Crippen molar-refractivity contribution in [2.75, 3.05) is 11.5 Å². The zero-order valence-corrected chi connectivity index (χ0v) is 12.0. The van der Waals surface area contributed by atoms with Crippen molar-refractivity contribution in [2.24, 2.45) is 5.92 Å². The van der Waals surface area contributed by atoms with Gasteiger partial charge in [-0.15, -0.1) is 0 Å². The van der Waals surface area contributed by atoms with E-state index in [2.05, 4.69) is 0 Å². The second kappa shape index (κ2) is 6.85. The van der Waals surface area contributed by atoms with Gasteiger partial charge in [0.25, 0.3) is 0 Å². The van der Waals surface area contributed by atoms with Crippen molar-refractivity contribution in [2.45, 2.75) is 32.3 Å². The molecule has 1 aliphatic rings. The van der Waals surface area contributed by atoms with E-state index in [-0.39, 0.29) is 12.0 Å². The largest absolute Gasteiger partial charge is 0.489 e. The molecule has 3 nitrogen and oxygen atoms in total. The Labute approximate surface area is 118 Å². The van der Waals surface area contributed by atoms with Crippen molar-refractivity contribution < 1.29 is 14.6 Å². The molecule has 1 N–H and O–H groups in total. The van der Waals surface area contributed by atoms with Crippen LogP contribution in [0.25, 0.3) is 0 Å². The summed E-state index contributed by atoms with van der Waals surface area (Å²) in [6.07, 6.45) is 3.07. The molecular weight excluding hydrogens is 260 g/mol. The SMILES string of the molecule is CC(Cc1ccccc1OC1CCCSC1)C(=O)O. The van der Waals surface area contributed by atoms with Gasteiger partial charge in [-0.25, -0.2) is 0 Å². The monoisotopic (exact) mass is 280 g/mol. The lowest BCUT2D eigenvalue weighted by Gasteiger charge is -2.24. The van der Waals surface area contributed by atoms with E-state index in [1.54, 1.807) is 6.92 Å². The fraction of sp³-hybridized carbons (Fsp3) is 0.533. The van der Waals surface area contributed by atoms with Crippen LogP contribution in [-0.4, -0.2) is 28.7 Å². The van der Waals surface area contributed by atoms with Crippen LogP contribution in [0.3, 0.4) is 0 Å². The molecule has 0 amide bonds. The molecule has 1 heterocycles. The van der Waals surface area contributed by atoms with Gasteiger partial charge in [0, 0.05) is 5.75 Å². The summed E-state index contributed by atoms with van der Waals surface area (Å²) in [5.74, 6) is 1.96. The number of aliphatic carboxylic acids is 1. The number of thioether (sulfide) groups is 1. The summed E-state index contributed by atoms with van der Waals surface area (Å²) >= 11 is 1.93. The Hall–Kier alpha value is -1.16. The van der Waals surface area contributed by atoms with Crippen molar-refractivity contribution in [3.05, 3.63) is 29.8 Å². The lowest BCUT2D eigenvalue weighted by Crippen LogP contribution is -2.24. The summed E-state index contributed by atoms with van der Waals surface area (Å²) in [4.78, 5) is 11.0. The summed E-state index contributed by atoms with van der Waals surface area (Å²) in [5, 5.41) is 9.01. The van der Waals surface area contributed by atoms with Crippen LogP contribution in [-0.2, 0) is 11.2 Å². The molecule has 0 bridgehead atoms. The van der Waals surface area contributed by atoms with Crippen LogP contribution in [0.1, 0.15) is 25.3 Å². The molecule has 0 aliphatic carbocycles. The number of ether oxygens (including phenoxy) is 1. The van der Waals surface area contributed by atoms with E-state index >= 15 is 0 Å². The van der Waals surface area contributed by atoms with Gasteiger partial charge in [0.1, 0.15) is 11.9 Å². The summed E-state index contributed by atoms with van der Waals surface area (Å²) in [7, 11) is 0. The highest BCUT2D eigenvalue weighted by atomic mass is 32.2. The van der Waals surface area contributed by atoms with Crippen LogP contribution in [0.4, 0.5) is 0 Å². The molecule has 1 aromatic carbocycles. The first-order chi connectivity index (χ1) is 9.16. The average Bonchev–Trinajstić information content (AvgIpc) is 2.42. The van der Waals surface area contributed by atoms with E-state index in [1.165, 1.54) is 12.2 Å². The highest BCUT2D eigenvalue weighted by Gasteiger charge is 2.18. The van der Waals surface area contributed by atoms with Crippen LogP contribution >= 0.6 is 11.8 Å². The highest BCUT2D eigenvalue weighted by Crippen LogP contribution is 2.26. The lowest BCUT2D eigenvalue weighted by atomic mass is 10.0. The predicted molar refractivity (Wildman–Crippen MR) is 77.9 cm³/mol. The minimum atomic E-state index is -0.761. The fourth-order valence-electron chi connectivity index (χ4n) is 2.19. The van der Waals surface area contributed by atoms with E-state index < -0.39 is 5.97 Å². The normalized spacial score (nSPS) is 20.8. The van der Waals surface area contributed by atoms with Gasteiger partial charge >= 0.3 is 5.97 Å². The third kappa shape index (κ3) is 4.16. The van der Waals surface area contributed by atoms with Crippen molar-refractivity contribution >= 4 is 17.7 Å². The minimum Gasteiger partial charge on any atom is -0.489 e. The maximum Gasteiger partial charge on any atom is 0.306 e. The summed E-state index contributed by atoms with van der Waals surface area (Å²) in [5.41, 5.74) is 0.993. The molecule has 0 saturated carbocycles. The Morgan fingerprint density at radius 2 is 2.32 bits per heavy atom. The number of carbonyl (C=O) groups is 1. The number of rotatable bonds is 5. The number of para-hydroxylation sites is 1. The van der Waals surface area contributed by atoms with E-state index in [4.69, 9.17) is 9.84 Å². The molecule has 1 fully saturated rings. The van der Waals surface area contributed by atoms with E-state index in [0.717, 1.165) is 23.5 Å². The molecule has 2 unspecified atom stereocenters. The van der Waals surface area contributed by atoms with Gasteiger partial charge < -0.3 is 9.84 Å². The van der Waals surface area contributed by atoms with Crippen LogP contribution in [0.2, 0.25) is 0 Å². The molecule has 2 atom stereocenters. The quantitative estimate of drug-likeness (QED) is 0.899. The van der Waals surface area contributed by atoms with Gasteiger partial charge in [0.15, 0.2) is 0 Å². The smallest absolute Gasteiger partial charge is 0.306 e. The molecule has 1 aliphatic heterocycles. The number of carboxylic acid groups (broad SMARTS) is 1. The number of benzene rings is 1. The molecule has 4 heteroatoms. The molecular formula is C15H20O3S. The van der Waals surface area contributed by atoms with Gasteiger partial charge in [-0.2, -0.15) is 11.8 Å². The number of hydrogen-bond acceptors (Lipinski definition) is 3. The Morgan fingerprint density at radius 3 is 3.00 bits per heavy atom. The predicted octanol–water partition coefficient (Wildman–Crippen LogP) is 3.22. The maximum absolute atomic E-state index is 11.0. The molecule has 0 spiro atoms. The first-order valence-corrected chi connectivity index (χ1v) is 7.87. The number of carboxylic acids is 1. The van der Waals surface area contributed by atoms with Gasteiger partial charge in [-0.3, -0.25) is 4.79 Å². The molecule has 19 heavy (non-hydrogen) atoms. The Morgan fingerprint density at radius 1 is 1.53 bits per heavy atom. The Bertz CT molecular complexity index is 427. The Kier molecular flexibility index (Phi) is 5.14. The fourth-order valence-corrected chi connectivity index (χ4v) is 3.22.